The van der Waals surface area contributed by atoms with Gasteiger partial charge in [0, 0.05) is 18.7 Å². The van der Waals surface area contributed by atoms with Gasteiger partial charge in [-0.1, -0.05) is 45.0 Å². The third-order valence-electron chi connectivity index (χ3n) is 3.44. The first-order valence-electron chi connectivity index (χ1n) is 6.77. The van der Waals surface area contributed by atoms with Gasteiger partial charge < -0.3 is 4.42 Å². The standard InChI is InChI=1S/C17H18N2O/c1-11-19-16-15(20-11)9-13(10-18-16)12-5-7-14(8-6-12)17(2,3)4/h5-10H,1-4H3. The van der Waals surface area contributed by atoms with Crippen molar-refractivity contribution in [3.05, 3.63) is 48.0 Å². The van der Waals surface area contributed by atoms with Gasteiger partial charge in [0.2, 0.25) is 0 Å². The topological polar surface area (TPSA) is 38.9 Å². The summed E-state index contributed by atoms with van der Waals surface area (Å²) in [7, 11) is 0. The van der Waals surface area contributed by atoms with E-state index in [0.717, 1.165) is 16.7 Å². The highest BCUT2D eigenvalue weighted by molar-refractivity contribution is 5.76. The molecule has 0 aliphatic heterocycles. The van der Waals surface area contributed by atoms with Gasteiger partial charge in [-0.2, -0.15) is 4.98 Å². The van der Waals surface area contributed by atoms with Crippen LogP contribution >= 0.6 is 0 Å². The zero-order valence-electron chi connectivity index (χ0n) is 12.3. The van der Waals surface area contributed by atoms with E-state index in [-0.39, 0.29) is 5.41 Å². The zero-order valence-corrected chi connectivity index (χ0v) is 12.3. The van der Waals surface area contributed by atoms with Gasteiger partial charge in [0.1, 0.15) is 0 Å². The molecule has 2 aromatic heterocycles. The van der Waals surface area contributed by atoms with Gasteiger partial charge in [0.15, 0.2) is 17.1 Å². The molecule has 0 saturated carbocycles. The van der Waals surface area contributed by atoms with Gasteiger partial charge in [-0.15, -0.1) is 0 Å². The molecule has 0 fully saturated rings. The molecule has 0 radical (unpaired) electrons. The summed E-state index contributed by atoms with van der Waals surface area (Å²) >= 11 is 0. The van der Waals surface area contributed by atoms with E-state index < -0.39 is 0 Å². The molecule has 0 aliphatic carbocycles. The Morgan fingerprint density at radius 1 is 1.00 bits per heavy atom. The number of aromatic nitrogens is 2. The first-order valence-corrected chi connectivity index (χ1v) is 6.77. The van der Waals surface area contributed by atoms with E-state index in [0.29, 0.717) is 11.5 Å². The van der Waals surface area contributed by atoms with Crippen LogP contribution in [-0.4, -0.2) is 9.97 Å². The van der Waals surface area contributed by atoms with E-state index in [1.165, 1.54) is 5.56 Å². The van der Waals surface area contributed by atoms with Gasteiger partial charge in [0.25, 0.3) is 0 Å². The lowest BCUT2D eigenvalue weighted by atomic mass is 9.86. The predicted molar refractivity (Wildman–Crippen MR) is 80.7 cm³/mol. The van der Waals surface area contributed by atoms with Crippen LogP contribution in [-0.2, 0) is 5.41 Å². The van der Waals surface area contributed by atoms with Crippen molar-refractivity contribution >= 4 is 11.2 Å². The van der Waals surface area contributed by atoms with Gasteiger partial charge in [-0.3, -0.25) is 0 Å². The molecule has 0 spiro atoms. The normalized spacial score (nSPS) is 12.0. The number of hydrogen-bond donors (Lipinski definition) is 0. The van der Waals surface area contributed by atoms with E-state index in [1.807, 2.05) is 19.2 Å². The third kappa shape index (κ3) is 2.31. The fourth-order valence-electron chi connectivity index (χ4n) is 2.25. The molecule has 0 atom stereocenters. The summed E-state index contributed by atoms with van der Waals surface area (Å²) in [5, 5.41) is 0. The number of fused-ring (bicyclic) bond motifs is 1. The Morgan fingerprint density at radius 3 is 2.35 bits per heavy atom. The molecule has 0 aliphatic rings. The van der Waals surface area contributed by atoms with Crippen molar-refractivity contribution in [3.8, 4) is 11.1 Å². The van der Waals surface area contributed by atoms with Crippen molar-refractivity contribution in [1.29, 1.82) is 0 Å². The van der Waals surface area contributed by atoms with Crippen molar-refractivity contribution in [2.75, 3.05) is 0 Å². The number of rotatable bonds is 1. The molecule has 3 rings (SSSR count). The SMILES string of the molecule is Cc1nc2ncc(-c3ccc(C(C)(C)C)cc3)cc2o1. The van der Waals surface area contributed by atoms with Crippen LogP contribution in [0.1, 0.15) is 32.2 Å². The monoisotopic (exact) mass is 266 g/mol. The molecular weight excluding hydrogens is 248 g/mol. The molecule has 3 aromatic rings. The fraction of sp³-hybridized carbons (Fsp3) is 0.294. The largest absolute Gasteiger partial charge is 0.439 e. The molecule has 3 nitrogen and oxygen atoms in total. The van der Waals surface area contributed by atoms with Gasteiger partial charge in [-0.25, -0.2) is 4.98 Å². The molecule has 1 aromatic carbocycles. The minimum atomic E-state index is 0.169. The molecule has 0 amide bonds. The third-order valence-corrected chi connectivity index (χ3v) is 3.44. The number of hydrogen-bond acceptors (Lipinski definition) is 3. The molecule has 0 saturated heterocycles. The second kappa shape index (κ2) is 4.44. The highest BCUT2D eigenvalue weighted by Crippen LogP contribution is 2.27. The Hall–Kier alpha value is -2.16. The number of benzene rings is 1. The van der Waals surface area contributed by atoms with Crippen LogP contribution in [0.15, 0.2) is 40.9 Å². The highest BCUT2D eigenvalue weighted by atomic mass is 16.3. The lowest BCUT2D eigenvalue weighted by molar-refractivity contribution is 0.561. The molecule has 0 bridgehead atoms. The van der Waals surface area contributed by atoms with Crippen LogP contribution in [0.3, 0.4) is 0 Å². The lowest BCUT2D eigenvalue weighted by Gasteiger charge is -2.19. The van der Waals surface area contributed by atoms with E-state index in [1.54, 1.807) is 0 Å². The average Bonchev–Trinajstić information content (AvgIpc) is 2.77. The van der Waals surface area contributed by atoms with E-state index >= 15 is 0 Å². The summed E-state index contributed by atoms with van der Waals surface area (Å²) in [6, 6.07) is 10.6. The van der Waals surface area contributed by atoms with Crippen LogP contribution in [0, 0.1) is 6.92 Å². The number of oxazole rings is 1. The van der Waals surface area contributed by atoms with Crippen LogP contribution < -0.4 is 0 Å². The fourth-order valence-corrected chi connectivity index (χ4v) is 2.25. The maximum absolute atomic E-state index is 5.53. The smallest absolute Gasteiger partial charge is 0.198 e. The Labute approximate surface area is 118 Å². The van der Waals surface area contributed by atoms with Crippen LogP contribution in [0.25, 0.3) is 22.4 Å². The highest BCUT2D eigenvalue weighted by Gasteiger charge is 2.13. The Kier molecular flexibility index (Phi) is 2.85. The van der Waals surface area contributed by atoms with Crippen molar-refractivity contribution in [2.24, 2.45) is 0 Å². The second-order valence-electron chi connectivity index (χ2n) is 6.11. The number of aryl methyl sites for hydroxylation is 1. The lowest BCUT2D eigenvalue weighted by Crippen LogP contribution is -2.10. The minimum Gasteiger partial charge on any atom is -0.439 e. The number of nitrogens with zero attached hydrogens (tertiary/aromatic N) is 2. The van der Waals surface area contributed by atoms with Crippen LogP contribution in [0.4, 0.5) is 0 Å². The summed E-state index contributed by atoms with van der Waals surface area (Å²) in [6.07, 6.45) is 1.84. The Morgan fingerprint density at radius 2 is 1.70 bits per heavy atom. The van der Waals surface area contributed by atoms with Gasteiger partial charge in [0.05, 0.1) is 0 Å². The maximum Gasteiger partial charge on any atom is 0.198 e. The molecule has 2 heterocycles. The van der Waals surface area contributed by atoms with E-state index in [4.69, 9.17) is 4.42 Å². The maximum atomic E-state index is 5.53. The summed E-state index contributed by atoms with van der Waals surface area (Å²) in [5.74, 6) is 0.646. The summed E-state index contributed by atoms with van der Waals surface area (Å²) < 4.78 is 5.53. The summed E-state index contributed by atoms with van der Waals surface area (Å²) in [6.45, 7) is 8.48. The van der Waals surface area contributed by atoms with Crippen molar-refractivity contribution in [2.45, 2.75) is 33.1 Å². The predicted octanol–water partition coefficient (Wildman–Crippen LogP) is 4.50. The number of pyridine rings is 1. The molecule has 0 N–H and O–H groups in total. The van der Waals surface area contributed by atoms with Gasteiger partial charge in [-0.05, 0) is 22.6 Å². The summed E-state index contributed by atoms with van der Waals surface area (Å²) in [5.41, 5.74) is 5.08. The molecule has 3 heteroatoms. The van der Waals surface area contributed by atoms with Crippen molar-refractivity contribution in [3.63, 3.8) is 0 Å². The van der Waals surface area contributed by atoms with Crippen molar-refractivity contribution in [1.82, 2.24) is 9.97 Å². The first kappa shape index (κ1) is 12.9. The van der Waals surface area contributed by atoms with Crippen LogP contribution in [0.5, 0.6) is 0 Å². The second-order valence-corrected chi connectivity index (χ2v) is 6.11. The zero-order chi connectivity index (χ0) is 14.3. The first-order chi connectivity index (χ1) is 9.43. The molecular formula is C17H18N2O. The quantitative estimate of drug-likeness (QED) is 0.651. The van der Waals surface area contributed by atoms with Crippen LogP contribution in [0.2, 0.25) is 0 Å². The minimum absolute atomic E-state index is 0.169. The van der Waals surface area contributed by atoms with E-state index in [9.17, 15) is 0 Å². The molecule has 102 valence electrons. The molecule has 20 heavy (non-hydrogen) atoms. The average molecular weight is 266 g/mol. The Balaban J connectivity index is 2.02. The van der Waals surface area contributed by atoms with E-state index in [2.05, 4.69) is 55.0 Å². The molecule has 0 unspecified atom stereocenters. The van der Waals surface area contributed by atoms with Crippen molar-refractivity contribution < 1.29 is 4.42 Å². The van der Waals surface area contributed by atoms with Gasteiger partial charge >= 0.3 is 0 Å². The Bertz CT molecular complexity index is 749. The summed E-state index contributed by atoms with van der Waals surface area (Å²) in [4.78, 5) is 8.56.